The molecule has 4 heteroatoms. The van der Waals surface area contributed by atoms with Crippen molar-refractivity contribution in [3.05, 3.63) is 29.3 Å². The quantitative estimate of drug-likeness (QED) is 0.653. The van der Waals surface area contributed by atoms with Crippen molar-refractivity contribution in [1.82, 2.24) is 4.98 Å². The van der Waals surface area contributed by atoms with E-state index in [1.54, 1.807) is 6.92 Å². The SMILES string of the molecule is CCc1c(F)ccnc1C(=O)OC. The average Bonchev–Trinajstić information content (AvgIpc) is 2.16. The van der Waals surface area contributed by atoms with Crippen LogP contribution in [0.4, 0.5) is 4.39 Å². The summed E-state index contributed by atoms with van der Waals surface area (Å²) < 4.78 is 17.6. The van der Waals surface area contributed by atoms with Crippen LogP contribution in [0, 0.1) is 5.82 Å². The lowest BCUT2D eigenvalue weighted by molar-refractivity contribution is 0.0592. The molecule has 0 bridgehead atoms. The Bertz CT molecular complexity index is 325. The van der Waals surface area contributed by atoms with E-state index in [2.05, 4.69) is 9.72 Å². The first-order chi connectivity index (χ1) is 6.20. The van der Waals surface area contributed by atoms with Gasteiger partial charge in [-0.05, 0) is 12.5 Å². The fourth-order valence-corrected chi connectivity index (χ4v) is 1.08. The molecule has 0 aliphatic rings. The Hall–Kier alpha value is -1.45. The van der Waals surface area contributed by atoms with Gasteiger partial charge in [0.15, 0.2) is 5.69 Å². The summed E-state index contributed by atoms with van der Waals surface area (Å²) in [6.45, 7) is 1.76. The van der Waals surface area contributed by atoms with Gasteiger partial charge in [0.25, 0.3) is 0 Å². The standard InChI is InChI=1S/C9H10FNO2/c1-3-6-7(10)4-5-11-8(6)9(12)13-2/h4-5H,3H2,1-2H3. The van der Waals surface area contributed by atoms with Crippen molar-refractivity contribution in [2.24, 2.45) is 0 Å². The van der Waals surface area contributed by atoms with Crippen LogP contribution in [0.1, 0.15) is 23.0 Å². The van der Waals surface area contributed by atoms with Crippen LogP contribution in [0.25, 0.3) is 0 Å². The van der Waals surface area contributed by atoms with E-state index in [0.29, 0.717) is 12.0 Å². The molecule has 1 aromatic heterocycles. The number of methoxy groups -OCH3 is 1. The molecule has 0 unspecified atom stereocenters. The Morgan fingerprint density at radius 2 is 2.38 bits per heavy atom. The van der Waals surface area contributed by atoms with Crippen molar-refractivity contribution in [2.75, 3.05) is 7.11 Å². The smallest absolute Gasteiger partial charge is 0.357 e. The largest absolute Gasteiger partial charge is 0.464 e. The zero-order valence-corrected chi connectivity index (χ0v) is 7.50. The molecule has 0 atom stereocenters. The first-order valence-electron chi connectivity index (χ1n) is 3.92. The summed E-state index contributed by atoms with van der Waals surface area (Å²) in [5, 5.41) is 0. The van der Waals surface area contributed by atoms with E-state index in [9.17, 15) is 9.18 Å². The first-order valence-corrected chi connectivity index (χ1v) is 3.92. The van der Waals surface area contributed by atoms with Crippen molar-refractivity contribution < 1.29 is 13.9 Å². The monoisotopic (exact) mass is 183 g/mol. The van der Waals surface area contributed by atoms with Crippen LogP contribution in [0.2, 0.25) is 0 Å². The number of halogens is 1. The van der Waals surface area contributed by atoms with Gasteiger partial charge in [-0.15, -0.1) is 0 Å². The highest BCUT2D eigenvalue weighted by molar-refractivity contribution is 5.88. The van der Waals surface area contributed by atoms with Crippen molar-refractivity contribution >= 4 is 5.97 Å². The van der Waals surface area contributed by atoms with Gasteiger partial charge in [0.05, 0.1) is 7.11 Å². The molecule has 0 radical (unpaired) electrons. The Morgan fingerprint density at radius 1 is 1.69 bits per heavy atom. The molecule has 0 aromatic carbocycles. The Morgan fingerprint density at radius 3 is 2.92 bits per heavy atom. The van der Waals surface area contributed by atoms with E-state index >= 15 is 0 Å². The van der Waals surface area contributed by atoms with Gasteiger partial charge in [-0.1, -0.05) is 6.92 Å². The van der Waals surface area contributed by atoms with Crippen molar-refractivity contribution in [1.29, 1.82) is 0 Å². The van der Waals surface area contributed by atoms with Gasteiger partial charge in [-0.2, -0.15) is 0 Å². The molecule has 0 N–H and O–H groups in total. The lowest BCUT2D eigenvalue weighted by atomic mass is 10.1. The van der Waals surface area contributed by atoms with Gasteiger partial charge in [0.1, 0.15) is 5.82 Å². The van der Waals surface area contributed by atoms with Gasteiger partial charge in [0, 0.05) is 11.8 Å². The van der Waals surface area contributed by atoms with Crippen LogP contribution < -0.4 is 0 Å². The fraction of sp³-hybridized carbons (Fsp3) is 0.333. The summed E-state index contributed by atoms with van der Waals surface area (Å²) in [4.78, 5) is 14.9. The van der Waals surface area contributed by atoms with Crippen LogP contribution in [-0.4, -0.2) is 18.1 Å². The lowest BCUT2D eigenvalue weighted by Gasteiger charge is -2.04. The molecule has 0 spiro atoms. The number of esters is 1. The maximum atomic E-state index is 13.1. The maximum Gasteiger partial charge on any atom is 0.357 e. The van der Waals surface area contributed by atoms with E-state index in [4.69, 9.17) is 0 Å². The predicted octanol–water partition coefficient (Wildman–Crippen LogP) is 1.57. The van der Waals surface area contributed by atoms with Crippen LogP contribution in [-0.2, 0) is 11.2 Å². The van der Waals surface area contributed by atoms with Crippen molar-refractivity contribution in [3.63, 3.8) is 0 Å². The maximum absolute atomic E-state index is 13.1. The second kappa shape index (κ2) is 3.98. The van der Waals surface area contributed by atoms with E-state index in [0.717, 1.165) is 0 Å². The summed E-state index contributed by atoms with van der Waals surface area (Å²) in [5.74, 6) is -1.02. The lowest BCUT2D eigenvalue weighted by Crippen LogP contribution is -2.09. The van der Waals surface area contributed by atoms with Gasteiger partial charge < -0.3 is 4.74 Å². The van der Waals surface area contributed by atoms with E-state index in [1.807, 2.05) is 0 Å². The summed E-state index contributed by atoms with van der Waals surface area (Å²) >= 11 is 0. The predicted molar refractivity (Wildman–Crippen MR) is 44.9 cm³/mol. The number of hydrogen-bond donors (Lipinski definition) is 0. The van der Waals surface area contributed by atoms with Crippen molar-refractivity contribution in [2.45, 2.75) is 13.3 Å². The molecule has 1 rings (SSSR count). The molecule has 0 amide bonds. The van der Waals surface area contributed by atoms with Gasteiger partial charge in [-0.3, -0.25) is 0 Å². The average molecular weight is 183 g/mol. The van der Waals surface area contributed by atoms with Gasteiger partial charge in [0.2, 0.25) is 0 Å². The highest BCUT2D eigenvalue weighted by Gasteiger charge is 2.15. The zero-order valence-electron chi connectivity index (χ0n) is 7.50. The topological polar surface area (TPSA) is 39.2 Å². The third-order valence-corrected chi connectivity index (χ3v) is 1.73. The fourth-order valence-electron chi connectivity index (χ4n) is 1.08. The number of hydrogen-bond acceptors (Lipinski definition) is 3. The molecule has 13 heavy (non-hydrogen) atoms. The second-order valence-electron chi connectivity index (χ2n) is 2.47. The highest BCUT2D eigenvalue weighted by atomic mass is 19.1. The summed E-state index contributed by atoms with van der Waals surface area (Å²) in [6, 6.07) is 1.23. The van der Waals surface area contributed by atoms with Gasteiger partial charge >= 0.3 is 5.97 Å². The van der Waals surface area contributed by atoms with Crippen LogP contribution >= 0.6 is 0 Å². The third kappa shape index (κ3) is 1.83. The van der Waals surface area contributed by atoms with Crippen LogP contribution in [0.5, 0.6) is 0 Å². The number of carbonyl (C=O) groups is 1. The normalized spacial score (nSPS) is 9.77. The molecule has 0 aliphatic carbocycles. The Balaban J connectivity index is 3.20. The molecular weight excluding hydrogens is 173 g/mol. The molecule has 3 nitrogen and oxygen atoms in total. The molecule has 1 heterocycles. The Labute approximate surface area is 75.6 Å². The van der Waals surface area contributed by atoms with Crippen LogP contribution in [0.15, 0.2) is 12.3 Å². The second-order valence-corrected chi connectivity index (χ2v) is 2.47. The molecule has 0 aliphatic heterocycles. The summed E-state index contributed by atoms with van der Waals surface area (Å²) in [5.41, 5.74) is 0.361. The zero-order chi connectivity index (χ0) is 9.84. The summed E-state index contributed by atoms with van der Waals surface area (Å²) in [7, 11) is 1.24. The number of ether oxygens (including phenoxy) is 1. The number of pyridine rings is 1. The van der Waals surface area contributed by atoms with E-state index < -0.39 is 11.8 Å². The number of rotatable bonds is 2. The molecular formula is C9H10FNO2. The third-order valence-electron chi connectivity index (χ3n) is 1.73. The summed E-state index contributed by atoms with van der Waals surface area (Å²) in [6.07, 6.45) is 1.67. The number of aromatic nitrogens is 1. The minimum Gasteiger partial charge on any atom is -0.464 e. The molecule has 1 aromatic rings. The minimum atomic E-state index is -0.601. The van der Waals surface area contributed by atoms with E-state index in [1.165, 1.54) is 19.4 Å². The van der Waals surface area contributed by atoms with Gasteiger partial charge in [-0.25, -0.2) is 14.2 Å². The van der Waals surface area contributed by atoms with E-state index in [-0.39, 0.29) is 5.69 Å². The molecule has 0 fully saturated rings. The molecule has 0 saturated heterocycles. The Kier molecular flexibility index (Phi) is 2.95. The number of nitrogens with zero attached hydrogens (tertiary/aromatic N) is 1. The minimum absolute atomic E-state index is 0.0602. The highest BCUT2D eigenvalue weighted by Crippen LogP contribution is 2.12. The number of carbonyl (C=O) groups excluding carboxylic acids is 1. The van der Waals surface area contributed by atoms with Crippen molar-refractivity contribution in [3.8, 4) is 0 Å². The van der Waals surface area contributed by atoms with Crippen LogP contribution in [0.3, 0.4) is 0 Å². The molecule has 0 saturated carbocycles. The molecule has 70 valence electrons. The first kappa shape index (κ1) is 9.64.